The minimum atomic E-state index is -4.68. The van der Waals surface area contributed by atoms with E-state index in [-0.39, 0.29) is 25.9 Å². The number of amides is 3. The zero-order valence-electron chi connectivity index (χ0n) is 24.6. The highest BCUT2D eigenvalue weighted by Gasteiger charge is 2.47. The van der Waals surface area contributed by atoms with Gasteiger partial charge in [0.25, 0.3) is 15.7 Å². The highest BCUT2D eigenvalue weighted by molar-refractivity contribution is 7.89. The number of carbonyl (C=O) groups is 3. The van der Waals surface area contributed by atoms with Crippen molar-refractivity contribution in [3.63, 3.8) is 0 Å². The third-order valence-corrected chi connectivity index (χ3v) is 10.2. The van der Waals surface area contributed by atoms with E-state index in [9.17, 15) is 32.9 Å². The summed E-state index contributed by atoms with van der Waals surface area (Å²) in [4.78, 5) is 53.4. The van der Waals surface area contributed by atoms with Crippen LogP contribution in [0.1, 0.15) is 52.0 Å². The first kappa shape index (κ1) is 32.1. The van der Waals surface area contributed by atoms with Crippen molar-refractivity contribution in [2.45, 2.75) is 81.9 Å². The fourth-order valence-corrected chi connectivity index (χ4v) is 7.74. The van der Waals surface area contributed by atoms with Crippen molar-refractivity contribution in [2.75, 3.05) is 13.1 Å². The highest BCUT2D eigenvalue weighted by Crippen LogP contribution is 2.32. The highest BCUT2D eigenvalue weighted by atomic mass is 32.2. The van der Waals surface area contributed by atoms with Crippen LogP contribution in [0.25, 0.3) is 0 Å². The monoisotopic (exact) mass is 613 g/mol. The third kappa shape index (κ3) is 6.88. The summed E-state index contributed by atoms with van der Waals surface area (Å²) >= 11 is 0. The summed E-state index contributed by atoms with van der Waals surface area (Å²) in [7, 11) is -4.68. The first-order valence-corrected chi connectivity index (χ1v) is 16.1. The number of nitrogens with one attached hydrogen (secondary N) is 2. The molecule has 0 radical (unpaired) electrons. The first-order chi connectivity index (χ1) is 20.5. The van der Waals surface area contributed by atoms with Crippen LogP contribution in [-0.4, -0.2) is 77.5 Å². The Morgan fingerprint density at radius 2 is 1.67 bits per heavy atom. The second-order valence-electron chi connectivity index (χ2n) is 11.2. The number of hydrogen-bond donors (Lipinski definition) is 2. The molecule has 2 aliphatic rings. The van der Waals surface area contributed by atoms with Crippen LogP contribution in [0.5, 0.6) is 0 Å². The SMILES string of the molecule is CC[C@@H]1NC(=O)[C@H]2CCCN2C(=O)[C@H]([C@@H](C)CC)N(S(=O)(=O)c2ccccc2[N+](=O)[O-])C[C@H](Cc2ccccc2)NC1=O. The van der Waals surface area contributed by atoms with Crippen LogP contribution in [0.15, 0.2) is 59.5 Å². The molecule has 2 aromatic rings. The maximum atomic E-state index is 14.5. The fourth-order valence-electron chi connectivity index (χ4n) is 5.86. The molecular weight excluding hydrogens is 574 g/mol. The Balaban J connectivity index is 1.93. The van der Waals surface area contributed by atoms with Gasteiger partial charge in [0.05, 0.1) is 4.92 Å². The zero-order chi connectivity index (χ0) is 31.3. The average Bonchev–Trinajstić information content (AvgIpc) is 3.49. The number of nitro groups is 1. The van der Waals surface area contributed by atoms with E-state index in [0.29, 0.717) is 19.3 Å². The number of benzene rings is 2. The maximum Gasteiger partial charge on any atom is 0.289 e. The van der Waals surface area contributed by atoms with E-state index < -0.39 is 73.3 Å². The summed E-state index contributed by atoms with van der Waals surface area (Å²) in [5.41, 5.74) is 0.197. The molecule has 2 fully saturated rings. The zero-order valence-corrected chi connectivity index (χ0v) is 25.5. The van der Waals surface area contributed by atoms with Gasteiger partial charge in [-0.15, -0.1) is 0 Å². The molecule has 5 atom stereocenters. The minimum Gasteiger partial charge on any atom is -0.350 e. The summed E-state index contributed by atoms with van der Waals surface area (Å²) in [6, 6.07) is 10.3. The Morgan fingerprint density at radius 1 is 1.00 bits per heavy atom. The van der Waals surface area contributed by atoms with Crippen molar-refractivity contribution in [2.24, 2.45) is 5.92 Å². The Labute approximate surface area is 252 Å². The van der Waals surface area contributed by atoms with Gasteiger partial charge in [0.1, 0.15) is 18.1 Å². The number of fused-ring (bicyclic) bond motifs is 1. The Kier molecular flexibility index (Phi) is 10.2. The van der Waals surface area contributed by atoms with E-state index >= 15 is 0 Å². The van der Waals surface area contributed by atoms with Gasteiger partial charge in [-0.1, -0.05) is 69.7 Å². The average molecular weight is 614 g/mol. The van der Waals surface area contributed by atoms with Crippen LogP contribution in [0.4, 0.5) is 5.69 Å². The number of hydrogen-bond acceptors (Lipinski definition) is 7. The van der Waals surface area contributed by atoms with Gasteiger partial charge in [-0.05, 0) is 43.2 Å². The number of sulfonamides is 1. The van der Waals surface area contributed by atoms with Gasteiger partial charge >= 0.3 is 0 Å². The lowest BCUT2D eigenvalue weighted by Crippen LogP contribution is -2.62. The first-order valence-electron chi connectivity index (χ1n) is 14.7. The maximum absolute atomic E-state index is 14.5. The third-order valence-electron chi connectivity index (χ3n) is 8.35. The summed E-state index contributed by atoms with van der Waals surface area (Å²) in [6.07, 6.45) is 1.82. The molecule has 43 heavy (non-hydrogen) atoms. The standard InChI is InChI=1S/C30H39N5O7S/c1-4-20(3)27-30(38)33-17-11-15-25(33)29(37)32-23(5-2)28(36)31-22(18-21-12-7-6-8-13-21)19-34(27)43(41,42)26-16-10-9-14-24(26)35(39)40/h6-10,12-14,16,20,22-23,25,27H,4-5,11,15,17-19H2,1-3H3,(H,31,36)(H,32,37)/t20-,22-,23-,25+,27-/m0/s1. The summed E-state index contributed by atoms with van der Waals surface area (Å²) in [5, 5.41) is 17.7. The summed E-state index contributed by atoms with van der Waals surface area (Å²) in [5.74, 6) is -2.00. The van der Waals surface area contributed by atoms with Crippen molar-refractivity contribution in [3.05, 3.63) is 70.3 Å². The molecular formula is C30H39N5O7S. The van der Waals surface area contributed by atoms with Crippen molar-refractivity contribution < 1.29 is 27.7 Å². The summed E-state index contributed by atoms with van der Waals surface area (Å²) in [6.45, 7) is 5.26. The second kappa shape index (κ2) is 13.6. The van der Waals surface area contributed by atoms with Gasteiger partial charge in [0.2, 0.25) is 17.7 Å². The molecule has 2 heterocycles. The second-order valence-corrected chi connectivity index (χ2v) is 13.0. The van der Waals surface area contributed by atoms with Crippen molar-refractivity contribution in [1.82, 2.24) is 19.8 Å². The van der Waals surface area contributed by atoms with Crippen LogP contribution in [-0.2, 0) is 30.8 Å². The molecule has 13 heteroatoms. The van der Waals surface area contributed by atoms with E-state index in [1.165, 1.54) is 17.0 Å². The number of nitrogens with zero attached hydrogens (tertiary/aromatic N) is 3. The fraction of sp³-hybridized carbons (Fsp3) is 0.500. The van der Waals surface area contributed by atoms with E-state index in [2.05, 4.69) is 10.6 Å². The normalized spacial score (nSPS) is 24.7. The molecule has 232 valence electrons. The quantitative estimate of drug-likeness (QED) is 0.342. The van der Waals surface area contributed by atoms with Gasteiger partial charge in [-0.3, -0.25) is 24.5 Å². The Hall–Kier alpha value is -3.84. The van der Waals surface area contributed by atoms with Gasteiger partial charge in [0, 0.05) is 25.2 Å². The molecule has 0 aromatic heterocycles. The van der Waals surface area contributed by atoms with E-state index in [1.54, 1.807) is 13.8 Å². The Bertz CT molecular complexity index is 1450. The molecule has 0 spiro atoms. The lowest BCUT2D eigenvalue weighted by atomic mass is 9.96. The van der Waals surface area contributed by atoms with Crippen LogP contribution in [0.3, 0.4) is 0 Å². The van der Waals surface area contributed by atoms with Crippen molar-refractivity contribution >= 4 is 33.4 Å². The van der Waals surface area contributed by atoms with Crippen LogP contribution in [0.2, 0.25) is 0 Å². The molecule has 0 aliphatic carbocycles. The smallest absolute Gasteiger partial charge is 0.289 e. The van der Waals surface area contributed by atoms with E-state index in [0.717, 1.165) is 22.0 Å². The topological polar surface area (TPSA) is 159 Å². The van der Waals surface area contributed by atoms with E-state index in [1.807, 2.05) is 37.3 Å². The van der Waals surface area contributed by atoms with Crippen molar-refractivity contribution in [3.8, 4) is 0 Å². The van der Waals surface area contributed by atoms with Gasteiger partial charge in [-0.2, -0.15) is 4.31 Å². The minimum absolute atomic E-state index is 0.216. The molecule has 2 aliphatic heterocycles. The van der Waals surface area contributed by atoms with Gasteiger partial charge in [-0.25, -0.2) is 8.42 Å². The number of rotatable bonds is 8. The lowest BCUT2D eigenvalue weighted by Gasteiger charge is -2.39. The molecule has 0 bridgehead atoms. The predicted octanol–water partition coefficient (Wildman–Crippen LogP) is 2.63. The van der Waals surface area contributed by atoms with E-state index in [4.69, 9.17) is 0 Å². The molecule has 0 saturated carbocycles. The van der Waals surface area contributed by atoms with Gasteiger partial charge < -0.3 is 15.5 Å². The largest absolute Gasteiger partial charge is 0.350 e. The van der Waals surface area contributed by atoms with Crippen LogP contribution < -0.4 is 10.6 Å². The van der Waals surface area contributed by atoms with Crippen LogP contribution >= 0.6 is 0 Å². The Morgan fingerprint density at radius 3 is 2.33 bits per heavy atom. The van der Waals surface area contributed by atoms with Crippen LogP contribution in [0, 0.1) is 16.0 Å². The molecule has 4 rings (SSSR count). The summed E-state index contributed by atoms with van der Waals surface area (Å²) < 4.78 is 30.1. The number of carbonyl (C=O) groups excluding carboxylic acids is 3. The predicted molar refractivity (Wildman–Crippen MR) is 159 cm³/mol. The molecule has 2 saturated heterocycles. The lowest BCUT2D eigenvalue weighted by molar-refractivity contribution is -0.387. The number of para-hydroxylation sites is 1. The molecule has 3 amide bonds. The van der Waals surface area contributed by atoms with Gasteiger partial charge in [0.15, 0.2) is 4.90 Å². The molecule has 2 N–H and O–H groups in total. The molecule has 12 nitrogen and oxygen atoms in total. The molecule has 2 aromatic carbocycles. The number of nitro benzene ring substituents is 1. The van der Waals surface area contributed by atoms with Crippen molar-refractivity contribution in [1.29, 1.82) is 0 Å². The molecule has 0 unspecified atom stereocenters.